The first-order valence-corrected chi connectivity index (χ1v) is 7.13. The van der Waals surface area contributed by atoms with Gasteiger partial charge in [-0.1, -0.05) is 15.9 Å². The van der Waals surface area contributed by atoms with E-state index in [9.17, 15) is 4.79 Å². The van der Waals surface area contributed by atoms with E-state index in [1.54, 1.807) is 0 Å². The molecule has 104 valence electrons. The Kier molecular flexibility index (Phi) is 3.87. The Labute approximate surface area is 122 Å². The Bertz CT molecular complexity index is 501. The first kappa shape index (κ1) is 14.3. The third kappa shape index (κ3) is 2.92. The van der Waals surface area contributed by atoms with Crippen LogP contribution in [0.25, 0.3) is 0 Å². The molecule has 0 aliphatic carbocycles. The van der Waals surface area contributed by atoms with Crippen LogP contribution in [-0.2, 0) is 4.79 Å². The van der Waals surface area contributed by atoms with Gasteiger partial charge >= 0.3 is 0 Å². The maximum atomic E-state index is 12.3. The highest BCUT2D eigenvalue weighted by Crippen LogP contribution is 2.35. The summed E-state index contributed by atoms with van der Waals surface area (Å²) >= 11 is 3.48. The molecule has 0 saturated carbocycles. The Morgan fingerprint density at radius 1 is 1.37 bits per heavy atom. The summed E-state index contributed by atoms with van der Waals surface area (Å²) in [4.78, 5) is 16.2. The van der Waals surface area contributed by atoms with Crippen LogP contribution in [0, 0.1) is 0 Å². The number of fused-ring (bicyclic) bond motifs is 1. The van der Waals surface area contributed by atoms with Gasteiger partial charge in [0.2, 0.25) is 5.91 Å². The SMILES string of the molecule is CNC(C)(C)CN1C(=O)CN(C)c2ccc(Br)cc21. The van der Waals surface area contributed by atoms with Crippen molar-refractivity contribution in [2.45, 2.75) is 19.4 Å². The summed E-state index contributed by atoms with van der Waals surface area (Å²) in [5, 5.41) is 3.25. The summed E-state index contributed by atoms with van der Waals surface area (Å²) in [6, 6.07) is 6.06. The Hall–Kier alpha value is -1.07. The van der Waals surface area contributed by atoms with E-state index in [4.69, 9.17) is 0 Å². The molecule has 1 N–H and O–H groups in total. The molecule has 1 aliphatic heterocycles. The molecule has 0 atom stereocenters. The van der Waals surface area contributed by atoms with Crippen molar-refractivity contribution in [3.63, 3.8) is 0 Å². The molecule has 0 fully saturated rings. The third-order valence-corrected chi connectivity index (χ3v) is 4.04. The second-order valence-corrected chi connectivity index (χ2v) is 6.52. The summed E-state index contributed by atoms with van der Waals surface area (Å²) in [6.45, 7) is 5.26. The molecule has 5 heteroatoms. The molecule has 1 aromatic carbocycles. The number of hydrogen-bond acceptors (Lipinski definition) is 3. The van der Waals surface area contributed by atoms with Crippen LogP contribution in [0.4, 0.5) is 11.4 Å². The van der Waals surface area contributed by atoms with Gasteiger partial charge in [-0.25, -0.2) is 0 Å². The normalized spacial score (nSPS) is 15.7. The van der Waals surface area contributed by atoms with E-state index in [0.29, 0.717) is 13.1 Å². The van der Waals surface area contributed by atoms with Gasteiger partial charge in [0.05, 0.1) is 17.9 Å². The first-order chi connectivity index (χ1) is 8.84. The van der Waals surface area contributed by atoms with Crippen molar-refractivity contribution >= 4 is 33.2 Å². The number of carbonyl (C=O) groups excluding carboxylic acids is 1. The highest BCUT2D eigenvalue weighted by molar-refractivity contribution is 9.10. The topological polar surface area (TPSA) is 35.6 Å². The van der Waals surface area contributed by atoms with E-state index in [-0.39, 0.29) is 11.4 Å². The third-order valence-electron chi connectivity index (χ3n) is 3.54. The minimum Gasteiger partial charge on any atom is -0.364 e. The number of rotatable bonds is 3. The number of halogens is 1. The lowest BCUT2D eigenvalue weighted by molar-refractivity contribution is -0.117. The number of hydrogen-bond donors (Lipinski definition) is 1. The number of nitrogens with one attached hydrogen (secondary N) is 1. The van der Waals surface area contributed by atoms with Gasteiger partial charge in [0.25, 0.3) is 0 Å². The summed E-state index contributed by atoms with van der Waals surface area (Å²) in [5.41, 5.74) is 1.94. The van der Waals surface area contributed by atoms with Crippen molar-refractivity contribution in [3.8, 4) is 0 Å². The van der Waals surface area contributed by atoms with Gasteiger partial charge in [0.1, 0.15) is 0 Å². The lowest BCUT2D eigenvalue weighted by Gasteiger charge is -2.39. The number of nitrogens with zero attached hydrogens (tertiary/aromatic N) is 2. The molecule has 1 aliphatic rings. The van der Waals surface area contributed by atoms with Gasteiger partial charge in [-0.05, 0) is 39.1 Å². The predicted molar refractivity (Wildman–Crippen MR) is 82.9 cm³/mol. The number of carbonyl (C=O) groups is 1. The Balaban J connectivity index is 2.42. The second-order valence-electron chi connectivity index (χ2n) is 5.60. The molecule has 1 aromatic rings. The standard InChI is InChI=1S/C14H20BrN3O/c1-14(2,16-3)9-18-12-7-10(15)5-6-11(12)17(4)8-13(18)19/h5-7,16H,8-9H2,1-4H3. The second kappa shape index (κ2) is 5.13. The van der Waals surface area contributed by atoms with Gasteiger partial charge in [-0.3, -0.25) is 4.79 Å². The number of amides is 1. The summed E-state index contributed by atoms with van der Waals surface area (Å²) in [7, 11) is 3.87. The minimum absolute atomic E-state index is 0.120. The van der Waals surface area contributed by atoms with E-state index < -0.39 is 0 Å². The Morgan fingerprint density at radius 3 is 2.68 bits per heavy atom. The smallest absolute Gasteiger partial charge is 0.246 e. The van der Waals surface area contributed by atoms with Crippen molar-refractivity contribution in [3.05, 3.63) is 22.7 Å². The molecule has 0 aromatic heterocycles. The van der Waals surface area contributed by atoms with Gasteiger partial charge in [0.15, 0.2) is 0 Å². The molecule has 2 rings (SSSR count). The van der Waals surface area contributed by atoms with Crippen LogP contribution >= 0.6 is 15.9 Å². The van der Waals surface area contributed by atoms with Crippen molar-refractivity contribution in [1.29, 1.82) is 0 Å². The van der Waals surface area contributed by atoms with E-state index in [1.807, 2.05) is 42.1 Å². The fraction of sp³-hybridized carbons (Fsp3) is 0.500. The van der Waals surface area contributed by atoms with Crippen LogP contribution in [0.2, 0.25) is 0 Å². The van der Waals surface area contributed by atoms with Crippen LogP contribution in [-0.4, -0.2) is 38.6 Å². The van der Waals surface area contributed by atoms with E-state index in [1.165, 1.54) is 0 Å². The molecule has 0 bridgehead atoms. The highest BCUT2D eigenvalue weighted by Gasteiger charge is 2.31. The zero-order valence-corrected chi connectivity index (χ0v) is 13.4. The zero-order valence-electron chi connectivity index (χ0n) is 11.8. The van der Waals surface area contributed by atoms with Gasteiger partial charge in [-0.2, -0.15) is 0 Å². The van der Waals surface area contributed by atoms with Crippen LogP contribution in [0.3, 0.4) is 0 Å². The van der Waals surface area contributed by atoms with E-state index >= 15 is 0 Å². The molecule has 0 saturated heterocycles. The van der Waals surface area contributed by atoms with Crippen LogP contribution in [0.5, 0.6) is 0 Å². The quantitative estimate of drug-likeness (QED) is 0.925. The van der Waals surface area contributed by atoms with E-state index in [2.05, 4.69) is 35.1 Å². The monoisotopic (exact) mass is 325 g/mol. The number of anilines is 2. The number of likely N-dealkylation sites (N-methyl/N-ethyl adjacent to an activating group) is 2. The lowest BCUT2D eigenvalue weighted by atomic mass is 10.0. The molecule has 1 amide bonds. The first-order valence-electron chi connectivity index (χ1n) is 6.34. The van der Waals surface area contributed by atoms with Crippen LogP contribution < -0.4 is 15.1 Å². The minimum atomic E-state index is -0.120. The van der Waals surface area contributed by atoms with Gasteiger partial charge in [-0.15, -0.1) is 0 Å². The molecular formula is C14H20BrN3O. The summed E-state index contributed by atoms with van der Waals surface area (Å²) in [5.74, 6) is 0.136. The average molecular weight is 326 g/mol. The molecule has 4 nitrogen and oxygen atoms in total. The van der Waals surface area contributed by atoms with E-state index in [0.717, 1.165) is 15.8 Å². The van der Waals surface area contributed by atoms with Crippen LogP contribution in [0.15, 0.2) is 22.7 Å². The summed E-state index contributed by atoms with van der Waals surface area (Å²) in [6.07, 6.45) is 0. The largest absolute Gasteiger partial charge is 0.364 e. The van der Waals surface area contributed by atoms with Gasteiger partial charge in [0, 0.05) is 23.6 Å². The predicted octanol–water partition coefficient (Wildman–Crippen LogP) is 2.23. The molecule has 0 unspecified atom stereocenters. The molecular weight excluding hydrogens is 306 g/mol. The molecule has 0 spiro atoms. The molecule has 0 radical (unpaired) electrons. The number of benzene rings is 1. The Morgan fingerprint density at radius 2 is 2.05 bits per heavy atom. The van der Waals surface area contributed by atoms with Gasteiger partial charge < -0.3 is 15.1 Å². The fourth-order valence-corrected chi connectivity index (χ4v) is 2.54. The molecule has 19 heavy (non-hydrogen) atoms. The maximum absolute atomic E-state index is 12.3. The maximum Gasteiger partial charge on any atom is 0.246 e. The lowest BCUT2D eigenvalue weighted by Crippen LogP contribution is -2.53. The molecule has 1 heterocycles. The van der Waals surface area contributed by atoms with Crippen molar-refractivity contribution in [2.75, 3.05) is 37.0 Å². The summed E-state index contributed by atoms with van der Waals surface area (Å²) < 4.78 is 0.988. The van der Waals surface area contributed by atoms with Crippen molar-refractivity contribution in [2.24, 2.45) is 0 Å². The van der Waals surface area contributed by atoms with Crippen molar-refractivity contribution < 1.29 is 4.79 Å². The fourth-order valence-electron chi connectivity index (χ4n) is 2.19. The average Bonchev–Trinajstić information content (AvgIpc) is 2.34. The zero-order chi connectivity index (χ0) is 14.2. The highest BCUT2D eigenvalue weighted by atomic mass is 79.9. The van der Waals surface area contributed by atoms with Crippen molar-refractivity contribution in [1.82, 2.24) is 5.32 Å². The van der Waals surface area contributed by atoms with Crippen LogP contribution in [0.1, 0.15) is 13.8 Å².